The zero-order valence-electron chi connectivity index (χ0n) is 13.9. The zero-order valence-corrected chi connectivity index (χ0v) is 13.9. The number of alkyl carbamates (subject to hydrolysis) is 1. The number of ether oxygens (including phenoxy) is 1. The highest BCUT2D eigenvalue weighted by Gasteiger charge is 2.29. The molecule has 0 radical (unpaired) electrons. The standard InChI is InChI=1S/C17H26N2O4/c1-17(2,3)23-16(22)19-13-6-4-5-12(13)18-10-11-7-8-14(20)15(21)9-11/h7-9,12-13,18,20-21H,4-6,10H2,1-3H3,(H,19,22). The van der Waals surface area contributed by atoms with Crippen molar-refractivity contribution in [3.05, 3.63) is 23.8 Å². The Balaban J connectivity index is 1.86. The normalized spacial score (nSPS) is 21.2. The molecule has 1 amide bonds. The minimum atomic E-state index is -0.505. The molecule has 23 heavy (non-hydrogen) atoms. The van der Waals surface area contributed by atoms with Crippen LogP contribution >= 0.6 is 0 Å². The van der Waals surface area contributed by atoms with E-state index in [0.29, 0.717) is 6.54 Å². The second-order valence-corrected chi connectivity index (χ2v) is 6.99. The van der Waals surface area contributed by atoms with Crippen molar-refractivity contribution in [3.63, 3.8) is 0 Å². The fraction of sp³-hybridized carbons (Fsp3) is 0.588. The first-order valence-corrected chi connectivity index (χ1v) is 7.98. The predicted molar refractivity (Wildman–Crippen MR) is 87.4 cm³/mol. The van der Waals surface area contributed by atoms with Crippen molar-refractivity contribution in [2.24, 2.45) is 0 Å². The summed E-state index contributed by atoms with van der Waals surface area (Å²) in [5.41, 5.74) is 0.373. The van der Waals surface area contributed by atoms with Crippen LogP contribution in [0, 0.1) is 0 Å². The monoisotopic (exact) mass is 322 g/mol. The number of hydrogen-bond acceptors (Lipinski definition) is 5. The highest BCUT2D eigenvalue weighted by Crippen LogP contribution is 2.25. The minimum Gasteiger partial charge on any atom is -0.504 e. The molecule has 1 aromatic rings. The molecule has 0 heterocycles. The van der Waals surface area contributed by atoms with Gasteiger partial charge in [-0.25, -0.2) is 4.79 Å². The molecule has 4 N–H and O–H groups in total. The van der Waals surface area contributed by atoms with Crippen molar-refractivity contribution in [1.29, 1.82) is 0 Å². The predicted octanol–water partition coefficient (Wildman–Crippen LogP) is 2.63. The van der Waals surface area contributed by atoms with Gasteiger partial charge in [0.2, 0.25) is 0 Å². The van der Waals surface area contributed by atoms with Gasteiger partial charge in [-0.2, -0.15) is 0 Å². The quantitative estimate of drug-likeness (QED) is 0.640. The molecule has 1 fully saturated rings. The highest BCUT2D eigenvalue weighted by atomic mass is 16.6. The molecule has 0 bridgehead atoms. The van der Waals surface area contributed by atoms with Gasteiger partial charge in [-0.1, -0.05) is 6.07 Å². The Bertz CT molecular complexity index is 554. The van der Waals surface area contributed by atoms with Crippen LogP contribution in [-0.4, -0.2) is 34.0 Å². The summed E-state index contributed by atoms with van der Waals surface area (Å²) in [7, 11) is 0. The summed E-state index contributed by atoms with van der Waals surface area (Å²) in [6, 6.07) is 4.97. The smallest absolute Gasteiger partial charge is 0.407 e. The van der Waals surface area contributed by atoms with Crippen LogP contribution < -0.4 is 10.6 Å². The largest absolute Gasteiger partial charge is 0.504 e. The van der Waals surface area contributed by atoms with Gasteiger partial charge in [0.15, 0.2) is 11.5 Å². The summed E-state index contributed by atoms with van der Waals surface area (Å²) in [6.07, 6.45) is 2.54. The Labute approximate surface area is 136 Å². The van der Waals surface area contributed by atoms with Gasteiger partial charge in [0.25, 0.3) is 0 Å². The van der Waals surface area contributed by atoms with Crippen LogP contribution in [0.4, 0.5) is 4.79 Å². The highest BCUT2D eigenvalue weighted by molar-refractivity contribution is 5.68. The molecule has 128 valence electrons. The van der Waals surface area contributed by atoms with Crippen LogP contribution in [-0.2, 0) is 11.3 Å². The lowest BCUT2D eigenvalue weighted by molar-refractivity contribution is 0.0498. The molecule has 0 aliphatic heterocycles. The summed E-state index contributed by atoms with van der Waals surface area (Å²) in [5.74, 6) is -0.252. The molecular weight excluding hydrogens is 296 g/mol. The molecule has 2 rings (SSSR count). The zero-order chi connectivity index (χ0) is 17.0. The maximum absolute atomic E-state index is 11.9. The van der Waals surface area contributed by atoms with Crippen LogP contribution in [0.5, 0.6) is 11.5 Å². The number of carbonyl (C=O) groups excluding carboxylic acids is 1. The van der Waals surface area contributed by atoms with Gasteiger partial charge in [0, 0.05) is 18.6 Å². The van der Waals surface area contributed by atoms with Crippen molar-refractivity contribution < 1.29 is 19.7 Å². The third-order valence-electron chi connectivity index (χ3n) is 3.83. The third-order valence-corrected chi connectivity index (χ3v) is 3.83. The van der Waals surface area contributed by atoms with Gasteiger partial charge in [0.05, 0.1) is 0 Å². The summed E-state index contributed by atoms with van der Waals surface area (Å²) >= 11 is 0. The van der Waals surface area contributed by atoms with Crippen molar-refractivity contribution >= 4 is 6.09 Å². The number of carbonyl (C=O) groups is 1. The SMILES string of the molecule is CC(C)(C)OC(=O)NC1CCCC1NCc1ccc(O)c(O)c1. The first-order chi connectivity index (χ1) is 10.7. The maximum Gasteiger partial charge on any atom is 0.407 e. The first-order valence-electron chi connectivity index (χ1n) is 7.98. The average molecular weight is 322 g/mol. The summed E-state index contributed by atoms with van der Waals surface area (Å²) in [4.78, 5) is 11.9. The molecule has 1 aliphatic carbocycles. The Morgan fingerprint density at radius 2 is 1.91 bits per heavy atom. The van der Waals surface area contributed by atoms with Gasteiger partial charge >= 0.3 is 6.09 Å². The van der Waals surface area contributed by atoms with Gasteiger partial charge in [0.1, 0.15) is 5.60 Å². The Morgan fingerprint density at radius 3 is 2.57 bits per heavy atom. The molecule has 6 nitrogen and oxygen atoms in total. The molecular formula is C17H26N2O4. The third kappa shape index (κ3) is 5.32. The summed E-state index contributed by atoms with van der Waals surface area (Å²) < 4.78 is 5.30. The van der Waals surface area contributed by atoms with Gasteiger partial charge in [-0.05, 0) is 57.7 Å². The van der Waals surface area contributed by atoms with E-state index in [1.54, 1.807) is 6.07 Å². The molecule has 2 atom stereocenters. The van der Waals surface area contributed by atoms with Gasteiger partial charge < -0.3 is 25.6 Å². The number of hydrogen-bond donors (Lipinski definition) is 4. The van der Waals surface area contributed by atoms with E-state index in [-0.39, 0.29) is 23.6 Å². The van der Waals surface area contributed by atoms with Crippen molar-refractivity contribution in [1.82, 2.24) is 10.6 Å². The minimum absolute atomic E-state index is 0.0376. The van der Waals surface area contributed by atoms with Gasteiger partial charge in [-0.15, -0.1) is 0 Å². The fourth-order valence-electron chi connectivity index (χ4n) is 2.76. The first kappa shape index (κ1) is 17.4. The van der Waals surface area contributed by atoms with Crippen LogP contribution in [0.25, 0.3) is 0 Å². The van der Waals surface area contributed by atoms with Crippen LogP contribution in [0.15, 0.2) is 18.2 Å². The van der Waals surface area contributed by atoms with E-state index in [0.717, 1.165) is 24.8 Å². The summed E-state index contributed by atoms with van der Waals surface area (Å²) in [5, 5.41) is 25.2. The van der Waals surface area contributed by atoms with Crippen molar-refractivity contribution in [2.75, 3.05) is 0 Å². The number of amides is 1. The topological polar surface area (TPSA) is 90.8 Å². The molecule has 0 aromatic heterocycles. The molecule has 0 saturated heterocycles. The second-order valence-electron chi connectivity index (χ2n) is 6.99. The molecule has 1 saturated carbocycles. The maximum atomic E-state index is 11.9. The number of nitrogens with one attached hydrogen (secondary N) is 2. The Kier molecular flexibility index (Phi) is 5.36. The van der Waals surface area contributed by atoms with E-state index < -0.39 is 11.7 Å². The molecule has 2 unspecified atom stereocenters. The van der Waals surface area contributed by atoms with E-state index in [9.17, 15) is 15.0 Å². The lowest BCUT2D eigenvalue weighted by Crippen LogP contribution is -2.47. The van der Waals surface area contributed by atoms with Crippen molar-refractivity contribution in [3.8, 4) is 11.5 Å². The summed E-state index contributed by atoms with van der Waals surface area (Å²) in [6.45, 7) is 6.09. The molecule has 0 spiro atoms. The van der Waals surface area contributed by atoms with Gasteiger partial charge in [-0.3, -0.25) is 0 Å². The van der Waals surface area contributed by atoms with Crippen LogP contribution in [0.2, 0.25) is 0 Å². The van der Waals surface area contributed by atoms with E-state index >= 15 is 0 Å². The number of rotatable bonds is 4. The number of phenolic OH excluding ortho intramolecular Hbond substituents is 2. The molecule has 1 aromatic carbocycles. The van der Waals surface area contributed by atoms with E-state index in [2.05, 4.69) is 10.6 Å². The molecule has 6 heteroatoms. The Hall–Kier alpha value is -1.95. The lowest BCUT2D eigenvalue weighted by atomic mass is 10.1. The Morgan fingerprint density at radius 1 is 1.22 bits per heavy atom. The molecule has 1 aliphatic rings. The van der Waals surface area contributed by atoms with Crippen molar-refractivity contribution in [2.45, 2.75) is 64.3 Å². The number of phenols is 2. The number of aromatic hydroxyl groups is 2. The second kappa shape index (κ2) is 7.08. The average Bonchev–Trinajstić information content (AvgIpc) is 2.85. The van der Waals surface area contributed by atoms with Crippen LogP contribution in [0.1, 0.15) is 45.6 Å². The van der Waals surface area contributed by atoms with E-state index in [1.165, 1.54) is 12.1 Å². The number of benzene rings is 1. The van der Waals surface area contributed by atoms with E-state index in [1.807, 2.05) is 20.8 Å². The van der Waals surface area contributed by atoms with E-state index in [4.69, 9.17) is 4.74 Å². The van der Waals surface area contributed by atoms with Crippen LogP contribution in [0.3, 0.4) is 0 Å². The lowest BCUT2D eigenvalue weighted by Gasteiger charge is -2.25. The fourth-order valence-corrected chi connectivity index (χ4v) is 2.76.